The van der Waals surface area contributed by atoms with Gasteiger partial charge in [0.2, 0.25) is 0 Å². The van der Waals surface area contributed by atoms with Crippen LogP contribution in [0.25, 0.3) is 0 Å². The number of allylic oxidation sites excluding steroid dienone is 8. The molecule has 0 aromatic heterocycles. The predicted molar refractivity (Wildman–Crippen MR) is 393 cm³/mol. The summed E-state index contributed by atoms with van der Waals surface area (Å²) in [6, 6.07) is 49.6. The number of amides is 4. The number of hydrogen-bond donors (Lipinski definition) is 6. The SMILES string of the molecule is CC1=CC(=C(C)NC(=O)c2c(C(C)C)cccc2C(C)C)NC(=C(C)NC(=O)c2c(C(C)C)cccc2C(C)C)C1.CC1=CC(=C(C)NC(=O)c2c(C(C)C)cccc2C(C)C)NC(=C(C)NC(=O)c2c(C(C)C)cccc2C(C)C)C1.[Ti+2].[Ti].[c-]1ccccc1.[c-]1ccccc1. The minimum absolute atomic E-state index is 0. The third-order valence-corrected chi connectivity index (χ3v) is 16.8. The largest absolute Gasteiger partial charge is 2.00 e. The molecule has 6 N–H and O–H groups in total. The third-order valence-electron chi connectivity index (χ3n) is 16.8. The zero-order valence-electron chi connectivity index (χ0n) is 61.5. The number of benzene rings is 6. The van der Waals surface area contributed by atoms with Crippen LogP contribution in [0.3, 0.4) is 0 Å². The Hall–Kier alpha value is -7.33. The van der Waals surface area contributed by atoms with Crippen LogP contribution in [0.2, 0.25) is 0 Å². The van der Waals surface area contributed by atoms with Crippen LogP contribution in [0.15, 0.2) is 202 Å². The Labute approximate surface area is 607 Å². The van der Waals surface area contributed by atoms with Crippen LogP contribution in [-0.4, -0.2) is 23.6 Å². The van der Waals surface area contributed by atoms with Crippen molar-refractivity contribution < 1.29 is 62.6 Å². The summed E-state index contributed by atoms with van der Waals surface area (Å²) in [5, 5.41) is 19.7. The molecule has 0 unspecified atom stereocenters. The van der Waals surface area contributed by atoms with Gasteiger partial charge in [0.1, 0.15) is 0 Å². The van der Waals surface area contributed by atoms with Crippen LogP contribution < -0.4 is 31.9 Å². The molecule has 0 spiro atoms. The summed E-state index contributed by atoms with van der Waals surface area (Å²) in [6.07, 6.45) is 5.51. The molecule has 0 saturated carbocycles. The number of nitrogens with one attached hydrogen (secondary N) is 6. The monoisotopic (exact) mass is 1360 g/mol. The van der Waals surface area contributed by atoms with E-state index in [1.165, 1.54) is 0 Å². The van der Waals surface area contributed by atoms with Crippen LogP contribution in [0.1, 0.15) is 298 Å². The van der Waals surface area contributed by atoms with Crippen molar-refractivity contribution in [3.05, 3.63) is 281 Å². The summed E-state index contributed by atoms with van der Waals surface area (Å²) >= 11 is 0. The Balaban J connectivity index is 0.000000416. The number of carbonyl (C=O) groups is 4. The molecular formula is C84H108N6O4Ti2. The van der Waals surface area contributed by atoms with E-state index in [-0.39, 0.29) is 114 Å². The normalized spacial score (nSPS) is 14.8. The molecule has 12 heteroatoms. The molecule has 6 aromatic rings. The third kappa shape index (κ3) is 23.5. The summed E-state index contributed by atoms with van der Waals surface area (Å²) in [6.45, 7) is 45.8. The van der Waals surface area contributed by atoms with Crippen molar-refractivity contribution in [1.29, 1.82) is 0 Å². The Morgan fingerprint density at radius 2 is 0.531 bits per heavy atom. The molecule has 2 aliphatic heterocycles. The van der Waals surface area contributed by atoms with E-state index < -0.39 is 0 Å². The summed E-state index contributed by atoms with van der Waals surface area (Å²) in [4.78, 5) is 54.6. The molecule has 2 heterocycles. The van der Waals surface area contributed by atoms with Crippen molar-refractivity contribution in [1.82, 2.24) is 31.9 Å². The van der Waals surface area contributed by atoms with E-state index in [0.29, 0.717) is 12.8 Å². The minimum Gasteiger partial charge on any atom is -0.356 e. The second-order valence-electron chi connectivity index (χ2n) is 27.3. The maximum Gasteiger partial charge on any atom is 2.00 e. The van der Waals surface area contributed by atoms with Gasteiger partial charge in [-0.2, -0.15) is 72.8 Å². The van der Waals surface area contributed by atoms with E-state index in [2.05, 4.69) is 205 Å². The molecule has 506 valence electrons. The van der Waals surface area contributed by atoms with E-state index >= 15 is 0 Å². The van der Waals surface area contributed by atoms with E-state index in [9.17, 15) is 19.2 Å². The number of carbonyl (C=O) groups excluding carboxylic acids is 4. The molecule has 0 aliphatic carbocycles. The Bertz CT molecular complexity index is 3380. The van der Waals surface area contributed by atoms with Crippen molar-refractivity contribution in [2.24, 2.45) is 0 Å². The fraction of sp³-hybridized carbons (Fsp3) is 0.381. The maximum absolute atomic E-state index is 13.7. The number of rotatable bonds is 16. The van der Waals surface area contributed by atoms with Crippen LogP contribution >= 0.6 is 0 Å². The maximum atomic E-state index is 13.7. The molecule has 8 rings (SSSR count). The first-order valence-electron chi connectivity index (χ1n) is 33.7. The van der Waals surface area contributed by atoms with Crippen LogP contribution in [0.5, 0.6) is 0 Å². The van der Waals surface area contributed by atoms with Crippen molar-refractivity contribution in [2.75, 3.05) is 0 Å². The van der Waals surface area contributed by atoms with Gasteiger partial charge in [-0.05, 0) is 146 Å². The van der Waals surface area contributed by atoms with Gasteiger partial charge in [-0.25, -0.2) is 0 Å². The van der Waals surface area contributed by atoms with Gasteiger partial charge >= 0.3 is 21.7 Å². The fourth-order valence-corrected chi connectivity index (χ4v) is 11.6. The molecule has 6 aromatic carbocycles. The first kappa shape index (κ1) is 82.9. The molecule has 10 nitrogen and oxygen atoms in total. The standard InChI is InChI=1S/2C36H49N3O2.2C6H5.2Ti/c2*1-20(2)27-14-12-15-28(21(3)4)33(27)35(40)37-25(10)31-18-24(9)19-32(39-31)26(11)38-36(41)34-29(22(5)6)16-13-17-30(34)23(7)8;2*1-2-4-6-5-3-1;;/h2*12-18,20-23,39H,19H2,1-11H3,(H,37,40)(H,38,41);2*1-5H;;/q;;2*-1;;+2. The van der Waals surface area contributed by atoms with E-state index in [4.69, 9.17) is 0 Å². The molecule has 0 fully saturated rings. The van der Waals surface area contributed by atoms with Gasteiger partial charge < -0.3 is 31.9 Å². The average molecular weight is 1360 g/mol. The zero-order chi connectivity index (χ0) is 69.7. The molecule has 0 bridgehead atoms. The quantitative estimate of drug-likeness (QED) is 0.0421. The van der Waals surface area contributed by atoms with Crippen LogP contribution in [-0.2, 0) is 43.4 Å². The van der Waals surface area contributed by atoms with Crippen molar-refractivity contribution in [2.45, 2.75) is 213 Å². The molecule has 0 radical (unpaired) electrons. The average Bonchev–Trinajstić information content (AvgIpc) is 0.829. The van der Waals surface area contributed by atoms with Gasteiger partial charge in [0, 0.05) is 91.0 Å². The Morgan fingerprint density at radius 1 is 0.333 bits per heavy atom. The molecule has 0 saturated heterocycles. The minimum atomic E-state index is -0.0940. The van der Waals surface area contributed by atoms with E-state index in [1.54, 1.807) is 0 Å². The van der Waals surface area contributed by atoms with Crippen molar-refractivity contribution in [3.8, 4) is 0 Å². The molecule has 4 amide bonds. The molecule has 2 aliphatic rings. The smallest absolute Gasteiger partial charge is 0.356 e. The summed E-state index contributed by atoms with van der Waals surface area (Å²) in [7, 11) is 0. The molecular weight excluding hydrogens is 1250 g/mol. The van der Waals surface area contributed by atoms with Gasteiger partial charge in [-0.1, -0.05) is 195 Å². The van der Waals surface area contributed by atoms with Crippen molar-refractivity contribution >= 4 is 23.6 Å². The number of hydrogen-bond acceptors (Lipinski definition) is 6. The topological polar surface area (TPSA) is 140 Å². The Kier molecular flexibility index (Phi) is 34.3. The molecule has 96 heavy (non-hydrogen) atoms. The van der Waals surface area contributed by atoms with Gasteiger partial charge in [0.25, 0.3) is 23.6 Å². The van der Waals surface area contributed by atoms with Gasteiger partial charge in [-0.3, -0.25) is 19.2 Å². The Morgan fingerprint density at radius 3 is 0.698 bits per heavy atom. The zero-order valence-corrected chi connectivity index (χ0v) is 64.6. The summed E-state index contributed by atoms with van der Waals surface area (Å²) in [5.41, 5.74) is 20.3. The van der Waals surface area contributed by atoms with Gasteiger partial charge in [0.05, 0.1) is 11.4 Å². The first-order chi connectivity index (χ1) is 44.4. The fourth-order valence-electron chi connectivity index (χ4n) is 11.6. The second kappa shape index (κ2) is 39.8. The van der Waals surface area contributed by atoms with Crippen molar-refractivity contribution in [3.63, 3.8) is 0 Å². The van der Waals surface area contributed by atoms with Crippen LogP contribution in [0.4, 0.5) is 0 Å². The molecule has 0 atom stereocenters. The predicted octanol–water partition coefficient (Wildman–Crippen LogP) is 20.5. The van der Waals surface area contributed by atoms with Gasteiger partial charge in [-0.15, -0.1) is 0 Å². The van der Waals surface area contributed by atoms with E-state index in [1.807, 2.05) is 137 Å². The summed E-state index contributed by atoms with van der Waals surface area (Å²) in [5.74, 6) is 1.51. The first-order valence-corrected chi connectivity index (χ1v) is 33.7. The van der Waals surface area contributed by atoms with E-state index in [0.717, 1.165) is 123 Å². The van der Waals surface area contributed by atoms with Gasteiger partial charge in [0.15, 0.2) is 0 Å². The van der Waals surface area contributed by atoms with Crippen LogP contribution in [0, 0.1) is 12.1 Å². The second-order valence-corrected chi connectivity index (χ2v) is 27.3. The summed E-state index contributed by atoms with van der Waals surface area (Å²) < 4.78 is 0.